The van der Waals surface area contributed by atoms with Gasteiger partial charge in [0.05, 0.1) is 24.8 Å². The van der Waals surface area contributed by atoms with Crippen molar-refractivity contribution in [1.82, 2.24) is 25.1 Å². The molecule has 31 heavy (non-hydrogen) atoms. The second kappa shape index (κ2) is 6.76. The van der Waals surface area contributed by atoms with Gasteiger partial charge >= 0.3 is 6.03 Å². The van der Waals surface area contributed by atoms with Crippen LogP contribution < -0.4 is 10.6 Å². The number of urea groups is 1. The zero-order chi connectivity index (χ0) is 21.8. The quantitative estimate of drug-likeness (QED) is 0.632. The summed E-state index contributed by atoms with van der Waals surface area (Å²) in [6.07, 6.45) is 3.42. The fourth-order valence-electron chi connectivity index (χ4n) is 4.21. The maximum absolute atomic E-state index is 13.6. The van der Waals surface area contributed by atoms with Crippen LogP contribution in [0.15, 0.2) is 55.0 Å². The maximum Gasteiger partial charge on any atom is 0.322 e. The van der Waals surface area contributed by atoms with Crippen LogP contribution in [0.25, 0.3) is 11.3 Å². The summed E-state index contributed by atoms with van der Waals surface area (Å²) in [6.45, 7) is 0.150. The monoisotopic (exact) mass is 419 g/mol. The van der Waals surface area contributed by atoms with Gasteiger partial charge in [0, 0.05) is 19.2 Å². The predicted octanol–water partition coefficient (Wildman–Crippen LogP) is 1.92. The maximum atomic E-state index is 13.6. The SMILES string of the molecule is Cn1cncc1-c1ccc([C@@]2(CN3Cc4ccc(F)cc4C3=O)NC(=O)NC2=O)cc1. The number of imide groups is 1. The van der Waals surface area contributed by atoms with Crippen molar-refractivity contribution in [2.24, 2.45) is 7.05 Å². The van der Waals surface area contributed by atoms with E-state index in [-0.39, 0.29) is 24.6 Å². The summed E-state index contributed by atoms with van der Waals surface area (Å²) < 4.78 is 15.5. The second-order valence-corrected chi connectivity index (χ2v) is 7.74. The molecule has 3 aromatic rings. The number of amides is 4. The molecule has 1 saturated heterocycles. The third-order valence-electron chi connectivity index (χ3n) is 5.81. The molecule has 5 rings (SSSR count). The normalized spacial score (nSPS) is 20.1. The molecule has 156 valence electrons. The number of hydrogen-bond donors (Lipinski definition) is 2. The highest BCUT2D eigenvalue weighted by Crippen LogP contribution is 2.32. The van der Waals surface area contributed by atoms with Crippen molar-refractivity contribution in [1.29, 1.82) is 0 Å². The van der Waals surface area contributed by atoms with Gasteiger partial charge in [-0.3, -0.25) is 14.9 Å². The van der Waals surface area contributed by atoms with Crippen molar-refractivity contribution in [2.75, 3.05) is 6.54 Å². The van der Waals surface area contributed by atoms with Gasteiger partial charge in [0.15, 0.2) is 5.54 Å². The Bertz CT molecular complexity index is 1240. The smallest absolute Gasteiger partial charge is 0.322 e. The van der Waals surface area contributed by atoms with E-state index in [4.69, 9.17) is 0 Å². The highest BCUT2D eigenvalue weighted by atomic mass is 19.1. The van der Waals surface area contributed by atoms with Gasteiger partial charge in [0.1, 0.15) is 5.82 Å². The van der Waals surface area contributed by atoms with Crippen molar-refractivity contribution < 1.29 is 18.8 Å². The van der Waals surface area contributed by atoms with Crippen LogP contribution in [0.3, 0.4) is 0 Å². The fraction of sp³-hybridized carbons (Fsp3) is 0.182. The van der Waals surface area contributed by atoms with E-state index in [1.807, 2.05) is 23.7 Å². The Hall–Kier alpha value is -4.01. The van der Waals surface area contributed by atoms with Crippen LogP contribution in [-0.4, -0.2) is 38.8 Å². The van der Waals surface area contributed by atoms with Crippen LogP contribution in [0.2, 0.25) is 0 Å². The van der Waals surface area contributed by atoms with E-state index in [9.17, 15) is 18.8 Å². The molecule has 1 fully saturated rings. The van der Waals surface area contributed by atoms with Crippen molar-refractivity contribution in [2.45, 2.75) is 12.1 Å². The number of nitrogens with one attached hydrogen (secondary N) is 2. The summed E-state index contributed by atoms with van der Waals surface area (Å²) >= 11 is 0. The fourth-order valence-corrected chi connectivity index (χ4v) is 4.21. The van der Waals surface area contributed by atoms with Crippen molar-refractivity contribution in [3.8, 4) is 11.3 Å². The zero-order valence-electron chi connectivity index (χ0n) is 16.6. The molecule has 2 aliphatic rings. The van der Waals surface area contributed by atoms with Crippen LogP contribution in [0, 0.1) is 5.82 Å². The first-order valence-electron chi connectivity index (χ1n) is 9.66. The lowest BCUT2D eigenvalue weighted by Crippen LogP contribution is -2.52. The number of carbonyl (C=O) groups excluding carboxylic acids is 3. The lowest BCUT2D eigenvalue weighted by molar-refractivity contribution is -0.124. The third kappa shape index (κ3) is 2.97. The number of halogens is 1. The highest BCUT2D eigenvalue weighted by molar-refractivity contribution is 6.08. The Labute approximate surface area is 176 Å². The molecule has 1 atom stereocenters. The Morgan fingerprint density at radius 1 is 1.13 bits per heavy atom. The van der Waals surface area contributed by atoms with E-state index >= 15 is 0 Å². The number of aromatic nitrogens is 2. The molecule has 1 aromatic heterocycles. The van der Waals surface area contributed by atoms with E-state index in [1.54, 1.807) is 30.7 Å². The van der Waals surface area contributed by atoms with Crippen LogP contribution in [0.5, 0.6) is 0 Å². The number of rotatable bonds is 4. The minimum Gasteiger partial charge on any atom is -0.334 e. The number of benzene rings is 2. The summed E-state index contributed by atoms with van der Waals surface area (Å²) in [5.74, 6) is -1.42. The Balaban J connectivity index is 1.50. The number of fused-ring (bicyclic) bond motifs is 1. The van der Waals surface area contributed by atoms with Gasteiger partial charge < -0.3 is 14.8 Å². The molecule has 9 heteroatoms. The minimum atomic E-state index is -1.45. The summed E-state index contributed by atoms with van der Waals surface area (Å²) in [5, 5.41) is 4.98. The molecule has 0 radical (unpaired) electrons. The molecule has 3 heterocycles. The third-order valence-corrected chi connectivity index (χ3v) is 5.81. The largest absolute Gasteiger partial charge is 0.334 e. The minimum absolute atomic E-state index is 0.0786. The second-order valence-electron chi connectivity index (χ2n) is 7.74. The molecule has 2 N–H and O–H groups in total. The first kappa shape index (κ1) is 19.0. The van der Waals surface area contributed by atoms with Gasteiger partial charge in [-0.15, -0.1) is 0 Å². The van der Waals surface area contributed by atoms with Crippen LogP contribution in [0.4, 0.5) is 9.18 Å². The van der Waals surface area contributed by atoms with Gasteiger partial charge in [-0.25, -0.2) is 14.2 Å². The van der Waals surface area contributed by atoms with Crippen molar-refractivity contribution >= 4 is 17.8 Å². The first-order chi connectivity index (χ1) is 14.9. The summed E-state index contributed by atoms with van der Waals surface area (Å²) in [5.41, 5.74) is 1.83. The van der Waals surface area contributed by atoms with Crippen molar-refractivity contribution in [3.63, 3.8) is 0 Å². The average Bonchev–Trinajstić information content (AvgIpc) is 3.39. The number of hydrogen-bond acceptors (Lipinski definition) is 4. The van der Waals surface area contributed by atoms with E-state index in [0.29, 0.717) is 11.1 Å². The van der Waals surface area contributed by atoms with Gasteiger partial charge in [-0.2, -0.15) is 0 Å². The van der Waals surface area contributed by atoms with Crippen LogP contribution in [0.1, 0.15) is 21.5 Å². The molecular formula is C22H18FN5O3. The lowest BCUT2D eigenvalue weighted by Gasteiger charge is -2.31. The molecule has 0 saturated carbocycles. The summed E-state index contributed by atoms with van der Waals surface area (Å²) in [6, 6.07) is 10.6. The summed E-state index contributed by atoms with van der Waals surface area (Å²) in [4.78, 5) is 43.3. The topological polar surface area (TPSA) is 96.3 Å². The van der Waals surface area contributed by atoms with Crippen LogP contribution >= 0.6 is 0 Å². The van der Waals surface area contributed by atoms with Gasteiger partial charge in [0.2, 0.25) is 0 Å². The first-order valence-corrected chi connectivity index (χ1v) is 9.66. The Kier molecular flexibility index (Phi) is 4.14. The number of carbonyl (C=O) groups is 3. The van der Waals surface area contributed by atoms with E-state index in [1.165, 1.54) is 17.0 Å². The molecule has 0 spiro atoms. The summed E-state index contributed by atoms with van der Waals surface area (Å²) in [7, 11) is 1.88. The highest BCUT2D eigenvalue weighted by Gasteiger charge is 2.50. The number of imidazole rings is 1. The molecule has 0 aliphatic carbocycles. The van der Waals surface area contributed by atoms with E-state index < -0.39 is 23.3 Å². The molecule has 8 nitrogen and oxygen atoms in total. The van der Waals surface area contributed by atoms with Gasteiger partial charge in [0.25, 0.3) is 11.8 Å². The Morgan fingerprint density at radius 2 is 1.90 bits per heavy atom. The molecule has 0 bridgehead atoms. The van der Waals surface area contributed by atoms with Crippen LogP contribution in [-0.2, 0) is 23.9 Å². The van der Waals surface area contributed by atoms with E-state index in [0.717, 1.165) is 11.3 Å². The molecule has 4 amide bonds. The lowest BCUT2D eigenvalue weighted by atomic mass is 9.88. The Morgan fingerprint density at radius 3 is 2.55 bits per heavy atom. The number of aryl methyl sites for hydroxylation is 1. The van der Waals surface area contributed by atoms with Gasteiger partial charge in [-0.05, 0) is 28.8 Å². The van der Waals surface area contributed by atoms with Gasteiger partial charge in [-0.1, -0.05) is 30.3 Å². The average molecular weight is 419 g/mol. The predicted molar refractivity (Wildman–Crippen MR) is 108 cm³/mol. The van der Waals surface area contributed by atoms with Crippen molar-refractivity contribution in [3.05, 3.63) is 77.5 Å². The molecular weight excluding hydrogens is 401 g/mol. The molecule has 0 unspecified atom stereocenters. The van der Waals surface area contributed by atoms with E-state index in [2.05, 4.69) is 15.6 Å². The molecule has 2 aromatic carbocycles. The standard InChI is InChI=1S/C22H18FN5O3/c1-27-12-24-9-18(27)13-2-5-15(6-3-13)22(20(30)25-21(31)26-22)11-28-10-14-4-7-16(23)8-17(14)19(28)29/h2-9,12H,10-11H2,1H3,(H2,25,26,30,31)/t22-/m1/s1. The zero-order valence-corrected chi connectivity index (χ0v) is 16.6. The number of nitrogens with zero attached hydrogens (tertiary/aromatic N) is 3. The molecule has 2 aliphatic heterocycles.